The molecule has 0 unspecified atom stereocenters. The predicted octanol–water partition coefficient (Wildman–Crippen LogP) is 3.15. The van der Waals surface area contributed by atoms with E-state index >= 15 is 0 Å². The van der Waals surface area contributed by atoms with Gasteiger partial charge in [-0.2, -0.15) is 0 Å². The summed E-state index contributed by atoms with van der Waals surface area (Å²) < 4.78 is 11.4. The maximum absolute atomic E-state index is 12.0. The number of carbonyl (C=O) groups is 1. The first kappa shape index (κ1) is 14.6. The lowest BCUT2D eigenvalue weighted by molar-refractivity contribution is -0.179. The zero-order valence-electron chi connectivity index (χ0n) is 11.7. The zero-order chi connectivity index (χ0) is 14.7. The zero-order valence-corrected chi connectivity index (χ0v) is 12.5. The Morgan fingerprint density at radius 2 is 1.86 bits per heavy atom. The van der Waals surface area contributed by atoms with Crippen molar-refractivity contribution >= 4 is 23.3 Å². The fourth-order valence-electron chi connectivity index (χ4n) is 2.89. The molecule has 1 heterocycles. The smallest absolute Gasteiger partial charge is 0.319 e. The number of amides is 2. The molecule has 5 nitrogen and oxygen atoms in total. The summed E-state index contributed by atoms with van der Waals surface area (Å²) in [4.78, 5) is 12.0. The molecule has 1 aromatic rings. The lowest BCUT2D eigenvalue weighted by atomic mass is 9.90. The van der Waals surface area contributed by atoms with Gasteiger partial charge in [0.2, 0.25) is 0 Å². The molecule has 1 saturated carbocycles. The number of para-hydroxylation sites is 1. The molecule has 2 fully saturated rings. The van der Waals surface area contributed by atoms with Crippen LogP contribution in [0.5, 0.6) is 0 Å². The van der Waals surface area contributed by atoms with Crippen LogP contribution in [0.15, 0.2) is 24.3 Å². The van der Waals surface area contributed by atoms with Crippen molar-refractivity contribution in [2.45, 2.75) is 37.5 Å². The fourth-order valence-corrected chi connectivity index (χ4v) is 3.08. The molecular formula is C15H19ClN2O3. The summed E-state index contributed by atoms with van der Waals surface area (Å²) in [6.07, 6.45) is 3.36. The number of anilines is 1. The van der Waals surface area contributed by atoms with Crippen LogP contribution in [0.25, 0.3) is 0 Å². The highest BCUT2D eigenvalue weighted by Crippen LogP contribution is 2.35. The average Bonchev–Trinajstić information content (AvgIpc) is 2.93. The number of urea groups is 1. The number of halogens is 1. The van der Waals surface area contributed by atoms with Gasteiger partial charge in [0.15, 0.2) is 5.79 Å². The van der Waals surface area contributed by atoms with Gasteiger partial charge in [-0.25, -0.2) is 4.79 Å². The Morgan fingerprint density at radius 1 is 1.19 bits per heavy atom. The van der Waals surface area contributed by atoms with Crippen LogP contribution in [-0.4, -0.2) is 31.1 Å². The van der Waals surface area contributed by atoms with Gasteiger partial charge in [-0.1, -0.05) is 23.7 Å². The minimum Gasteiger partial charge on any atom is -0.348 e. The van der Waals surface area contributed by atoms with E-state index < -0.39 is 5.79 Å². The topological polar surface area (TPSA) is 59.6 Å². The van der Waals surface area contributed by atoms with Gasteiger partial charge in [0.05, 0.1) is 23.9 Å². The molecule has 0 bridgehead atoms. The van der Waals surface area contributed by atoms with Crippen LogP contribution >= 0.6 is 11.6 Å². The van der Waals surface area contributed by atoms with Crippen molar-refractivity contribution in [3.63, 3.8) is 0 Å². The van der Waals surface area contributed by atoms with Crippen molar-refractivity contribution in [1.29, 1.82) is 0 Å². The van der Waals surface area contributed by atoms with Gasteiger partial charge >= 0.3 is 6.03 Å². The number of hydrogen-bond donors (Lipinski definition) is 2. The molecule has 1 aliphatic heterocycles. The van der Waals surface area contributed by atoms with Crippen molar-refractivity contribution in [1.82, 2.24) is 5.32 Å². The minimum atomic E-state index is -0.391. The molecule has 0 atom stereocenters. The van der Waals surface area contributed by atoms with Gasteiger partial charge in [-0.15, -0.1) is 0 Å². The standard InChI is InChI=1S/C15H19ClN2O3/c16-12-3-1-2-4-13(12)18-14(19)17-11-5-7-15(8-6-11)20-9-10-21-15/h1-4,11H,5-10H2,(H2,17,18,19). The fraction of sp³-hybridized carbons (Fsp3) is 0.533. The molecule has 1 spiro atoms. The van der Waals surface area contributed by atoms with Crippen LogP contribution in [0.3, 0.4) is 0 Å². The molecule has 2 aliphatic rings. The molecule has 21 heavy (non-hydrogen) atoms. The van der Waals surface area contributed by atoms with E-state index in [1.165, 1.54) is 0 Å². The first-order valence-corrected chi connectivity index (χ1v) is 7.65. The molecule has 6 heteroatoms. The Labute approximate surface area is 128 Å². The van der Waals surface area contributed by atoms with E-state index in [1.54, 1.807) is 12.1 Å². The second kappa shape index (κ2) is 6.22. The summed E-state index contributed by atoms with van der Waals surface area (Å²) in [5.74, 6) is -0.391. The van der Waals surface area contributed by atoms with Crippen LogP contribution in [0.4, 0.5) is 10.5 Å². The van der Waals surface area contributed by atoms with Gasteiger partial charge in [0, 0.05) is 18.9 Å². The van der Waals surface area contributed by atoms with E-state index in [1.807, 2.05) is 12.1 Å². The molecule has 1 saturated heterocycles. The number of hydrogen-bond acceptors (Lipinski definition) is 3. The molecule has 1 aliphatic carbocycles. The van der Waals surface area contributed by atoms with Crippen molar-refractivity contribution < 1.29 is 14.3 Å². The predicted molar refractivity (Wildman–Crippen MR) is 80.5 cm³/mol. The van der Waals surface area contributed by atoms with E-state index in [9.17, 15) is 4.79 Å². The van der Waals surface area contributed by atoms with Gasteiger partial charge in [-0.3, -0.25) is 0 Å². The first-order chi connectivity index (χ1) is 10.2. The van der Waals surface area contributed by atoms with E-state index in [2.05, 4.69) is 10.6 Å². The largest absolute Gasteiger partial charge is 0.348 e. The number of rotatable bonds is 2. The van der Waals surface area contributed by atoms with Gasteiger partial charge < -0.3 is 20.1 Å². The average molecular weight is 311 g/mol. The van der Waals surface area contributed by atoms with Gasteiger partial charge in [0.25, 0.3) is 0 Å². The third-order valence-corrected chi connectivity index (χ3v) is 4.35. The molecule has 3 rings (SSSR count). The minimum absolute atomic E-state index is 0.144. The Balaban J connectivity index is 1.49. The third-order valence-electron chi connectivity index (χ3n) is 4.02. The van der Waals surface area contributed by atoms with Gasteiger partial charge in [-0.05, 0) is 25.0 Å². The number of benzene rings is 1. The summed E-state index contributed by atoms with van der Waals surface area (Å²) in [6.45, 7) is 1.34. The van der Waals surface area contributed by atoms with Crippen LogP contribution in [0.2, 0.25) is 5.02 Å². The number of ether oxygens (including phenoxy) is 2. The van der Waals surface area contributed by atoms with Crippen molar-refractivity contribution in [2.75, 3.05) is 18.5 Å². The molecule has 0 radical (unpaired) electrons. The van der Waals surface area contributed by atoms with Crippen LogP contribution in [0.1, 0.15) is 25.7 Å². The van der Waals surface area contributed by atoms with Crippen molar-refractivity contribution in [2.24, 2.45) is 0 Å². The van der Waals surface area contributed by atoms with Crippen LogP contribution in [-0.2, 0) is 9.47 Å². The highest BCUT2D eigenvalue weighted by Gasteiger charge is 2.40. The molecule has 2 N–H and O–H groups in total. The molecule has 2 amide bonds. The van der Waals surface area contributed by atoms with E-state index in [0.717, 1.165) is 25.7 Å². The number of carbonyl (C=O) groups excluding carboxylic acids is 1. The maximum Gasteiger partial charge on any atom is 0.319 e. The first-order valence-electron chi connectivity index (χ1n) is 7.27. The van der Waals surface area contributed by atoms with Crippen LogP contribution < -0.4 is 10.6 Å². The highest BCUT2D eigenvalue weighted by atomic mass is 35.5. The summed E-state index contributed by atoms with van der Waals surface area (Å²) in [5.41, 5.74) is 0.617. The molecule has 114 valence electrons. The summed E-state index contributed by atoms with van der Waals surface area (Å²) in [6, 6.07) is 7.10. The SMILES string of the molecule is O=C(Nc1ccccc1Cl)NC1CCC2(CC1)OCCO2. The second-order valence-corrected chi connectivity index (χ2v) is 5.87. The maximum atomic E-state index is 12.0. The summed E-state index contributed by atoms with van der Waals surface area (Å²) >= 11 is 6.02. The molecular weight excluding hydrogens is 292 g/mol. The Hall–Kier alpha value is -1.30. The Kier molecular flexibility index (Phi) is 4.33. The van der Waals surface area contributed by atoms with E-state index in [4.69, 9.17) is 21.1 Å². The van der Waals surface area contributed by atoms with Crippen molar-refractivity contribution in [3.05, 3.63) is 29.3 Å². The van der Waals surface area contributed by atoms with Gasteiger partial charge in [0.1, 0.15) is 0 Å². The Bertz CT molecular complexity index is 507. The lowest BCUT2D eigenvalue weighted by Gasteiger charge is -2.35. The van der Waals surface area contributed by atoms with Crippen LogP contribution in [0, 0.1) is 0 Å². The highest BCUT2D eigenvalue weighted by molar-refractivity contribution is 6.33. The summed E-state index contributed by atoms with van der Waals surface area (Å²) in [5, 5.41) is 6.29. The van der Waals surface area contributed by atoms with Crippen molar-refractivity contribution in [3.8, 4) is 0 Å². The molecule has 1 aromatic carbocycles. The third kappa shape index (κ3) is 3.48. The quantitative estimate of drug-likeness (QED) is 0.882. The van der Waals surface area contributed by atoms with E-state index in [-0.39, 0.29) is 12.1 Å². The lowest BCUT2D eigenvalue weighted by Crippen LogP contribution is -2.45. The normalized spacial score (nSPS) is 21.4. The summed E-state index contributed by atoms with van der Waals surface area (Å²) in [7, 11) is 0. The second-order valence-electron chi connectivity index (χ2n) is 5.46. The van der Waals surface area contributed by atoms with E-state index in [0.29, 0.717) is 23.9 Å². The molecule has 0 aromatic heterocycles. The Morgan fingerprint density at radius 3 is 2.52 bits per heavy atom. The monoisotopic (exact) mass is 310 g/mol. The number of nitrogens with one attached hydrogen (secondary N) is 2.